The monoisotopic (exact) mass is 382 g/mol. The van der Waals surface area contributed by atoms with Crippen LogP contribution in [0.15, 0.2) is 42.5 Å². The minimum atomic E-state index is -0.722. The fourth-order valence-electron chi connectivity index (χ4n) is 2.98. The van der Waals surface area contributed by atoms with Crippen molar-refractivity contribution in [1.82, 2.24) is 5.32 Å². The molecule has 4 nitrogen and oxygen atoms in total. The van der Waals surface area contributed by atoms with Crippen LogP contribution in [0.4, 0.5) is 14.5 Å². The van der Waals surface area contributed by atoms with E-state index >= 15 is 0 Å². The van der Waals surface area contributed by atoms with Gasteiger partial charge in [-0.15, -0.1) is 12.4 Å². The van der Waals surface area contributed by atoms with E-state index < -0.39 is 11.6 Å². The Morgan fingerprint density at radius 3 is 2.58 bits per heavy atom. The average molecular weight is 383 g/mol. The summed E-state index contributed by atoms with van der Waals surface area (Å²) < 4.78 is 32.2. The Kier molecular flexibility index (Phi) is 6.94. The SMILES string of the molecule is C[C@H]1C[C@@H](C(=O)Nc2ccccc2Oc2cc(F)cc(F)c2)CCN1.Cl. The molecule has 2 aromatic carbocycles. The van der Waals surface area contributed by atoms with E-state index in [9.17, 15) is 13.6 Å². The lowest BCUT2D eigenvalue weighted by atomic mass is 9.92. The molecule has 1 fully saturated rings. The molecule has 0 aromatic heterocycles. The molecule has 2 aromatic rings. The number of anilines is 1. The quantitative estimate of drug-likeness (QED) is 0.818. The number of carbonyl (C=O) groups excluding carboxylic acids is 1. The van der Waals surface area contributed by atoms with E-state index in [2.05, 4.69) is 17.6 Å². The van der Waals surface area contributed by atoms with Gasteiger partial charge < -0.3 is 15.4 Å². The normalized spacial score (nSPS) is 19.3. The zero-order chi connectivity index (χ0) is 17.8. The maximum Gasteiger partial charge on any atom is 0.227 e. The van der Waals surface area contributed by atoms with Crippen LogP contribution in [-0.2, 0) is 4.79 Å². The molecular formula is C19H21ClF2N2O2. The minimum absolute atomic E-state index is 0. The molecule has 0 radical (unpaired) electrons. The van der Waals surface area contributed by atoms with Gasteiger partial charge in [0.2, 0.25) is 5.91 Å². The smallest absolute Gasteiger partial charge is 0.227 e. The third kappa shape index (κ3) is 5.16. The van der Waals surface area contributed by atoms with E-state index in [1.54, 1.807) is 24.3 Å². The molecule has 1 aliphatic rings. The molecule has 0 unspecified atom stereocenters. The Bertz CT molecular complexity index is 753. The van der Waals surface area contributed by atoms with Crippen molar-refractivity contribution in [2.24, 2.45) is 5.92 Å². The van der Waals surface area contributed by atoms with Crippen LogP contribution in [0.3, 0.4) is 0 Å². The van der Waals surface area contributed by atoms with Crippen LogP contribution in [0.1, 0.15) is 19.8 Å². The van der Waals surface area contributed by atoms with E-state index in [1.165, 1.54) is 0 Å². The first kappa shape index (κ1) is 20.1. The van der Waals surface area contributed by atoms with Gasteiger partial charge in [0.25, 0.3) is 0 Å². The number of hydrogen-bond acceptors (Lipinski definition) is 3. The molecule has 0 bridgehead atoms. The van der Waals surface area contributed by atoms with E-state index in [0.717, 1.165) is 37.6 Å². The van der Waals surface area contributed by atoms with Crippen LogP contribution < -0.4 is 15.4 Å². The molecule has 1 heterocycles. The number of ether oxygens (including phenoxy) is 1. The first-order valence-corrected chi connectivity index (χ1v) is 8.28. The lowest BCUT2D eigenvalue weighted by Gasteiger charge is -2.27. The van der Waals surface area contributed by atoms with Crippen molar-refractivity contribution in [2.45, 2.75) is 25.8 Å². The number of carbonyl (C=O) groups is 1. The number of piperidine rings is 1. The Labute approximate surface area is 157 Å². The van der Waals surface area contributed by atoms with Gasteiger partial charge in [-0.05, 0) is 38.4 Å². The van der Waals surface area contributed by atoms with Gasteiger partial charge in [0.15, 0.2) is 5.75 Å². The van der Waals surface area contributed by atoms with E-state index in [0.29, 0.717) is 17.5 Å². The Morgan fingerprint density at radius 1 is 1.19 bits per heavy atom. The van der Waals surface area contributed by atoms with Gasteiger partial charge in [-0.25, -0.2) is 8.78 Å². The summed E-state index contributed by atoms with van der Waals surface area (Å²) in [7, 11) is 0. The molecule has 0 spiro atoms. The molecule has 0 aliphatic carbocycles. The molecule has 2 atom stereocenters. The zero-order valence-corrected chi connectivity index (χ0v) is 15.1. The van der Waals surface area contributed by atoms with Gasteiger partial charge in [-0.2, -0.15) is 0 Å². The number of halogens is 3. The average Bonchev–Trinajstić information content (AvgIpc) is 2.55. The molecule has 1 amide bonds. The van der Waals surface area contributed by atoms with Crippen LogP contribution in [0.2, 0.25) is 0 Å². The van der Waals surface area contributed by atoms with Crippen LogP contribution in [-0.4, -0.2) is 18.5 Å². The highest BCUT2D eigenvalue weighted by molar-refractivity contribution is 5.94. The van der Waals surface area contributed by atoms with Crippen LogP contribution >= 0.6 is 12.4 Å². The summed E-state index contributed by atoms with van der Waals surface area (Å²) in [6.45, 7) is 2.86. The fourth-order valence-corrected chi connectivity index (χ4v) is 2.98. The molecule has 7 heteroatoms. The molecule has 140 valence electrons. The lowest BCUT2D eigenvalue weighted by Crippen LogP contribution is -2.40. The highest BCUT2D eigenvalue weighted by Gasteiger charge is 2.25. The van der Waals surface area contributed by atoms with Gasteiger partial charge in [-0.3, -0.25) is 4.79 Å². The first-order chi connectivity index (χ1) is 12.0. The molecule has 26 heavy (non-hydrogen) atoms. The second-order valence-electron chi connectivity index (χ2n) is 6.27. The van der Waals surface area contributed by atoms with E-state index in [-0.39, 0.29) is 30.0 Å². The fraction of sp³-hybridized carbons (Fsp3) is 0.316. The number of amides is 1. The van der Waals surface area contributed by atoms with Crippen molar-refractivity contribution in [2.75, 3.05) is 11.9 Å². The Balaban J connectivity index is 0.00000243. The van der Waals surface area contributed by atoms with Crippen LogP contribution in [0, 0.1) is 17.6 Å². The number of para-hydroxylation sites is 2. The van der Waals surface area contributed by atoms with Gasteiger partial charge in [-0.1, -0.05) is 12.1 Å². The molecule has 0 saturated carbocycles. The van der Waals surface area contributed by atoms with Crippen molar-refractivity contribution in [3.05, 3.63) is 54.1 Å². The maximum atomic E-state index is 13.3. The topological polar surface area (TPSA) is 50.4 Å². The summed E-state index contributed by atoms with van der Waals surface area (Å²) in [4.78, 5) is 12.5. The third-order valence-electron chi connectivity index (χ3n) is 4.20. The van der Waals surface area contributed by atoms with E-state index in [4.69, 9.17) is 4.74 Å². The highest BCUT2D eigenvalue weighted by atomic mass is 35.5. The number of rotatable bonds is 4. The molecule has 3 rings (SSSR count). The molecular weight excluding hydrogens is 362 g/mol. The predicted octanol–water partition coefficient (Wildman–Crippen LogP) is 4.51. The van der Waals surface area contributed by atoms with Crippen molar-refractivity contribution in [3.8, 4) is 11.5 Å². The molecule has 2 N–H and O–H groups in total. The second kappa shape index (κ2) is 8.96. The summed E-state index contributed by atoms with van der Waals surface area (Å²) in [5, 5.41) is 6.18. The van der Waals surface area contributed by atoms with E-state index in [1.807, 2.05) is 0 Å². The molecule has 1 saturated heterocycles. The Morgan fingerprint density at radius 2 is 1.88 bits per heavy atom. The van der Waals surface area contributed by atoms with Crippen LogP contribution in [0.5, 0.6) is 11.5 Å². The summed E-state index contributed by atoms with van der Waals surface area (Å²) in [6.07, 6.45) is 1.54. The van der Waals surface area contributed by atoms with Crippen molar-refractivity contribution in [3.63, 3.8) is 0 Å². The second-order valence-corrected chi connectivity index (χ2v) is 6.27. The third-order valence-corrected chi connectivity index (χ3v) is 4.20. The van der Waals surface area contributed by atoms with Gasteiger partial charge in [0.1, 0.15) is 17.4 Å². The number of hydrogen-bond donors (Lipinski definition) is 2. The lowest BCUT2D eigenvalue weighted by molar-refractivity contribution is -0.120. The largest absolute Gasteiger partial charge is 0.455 e. The van der Waals surface area contributed by atoms with Gasteiger partial charge in [0, 0.05) is 30.2 Å². The number of benzene rings is 2. The highest BCUT2D eigenvalue weighted by Crippen LogP contribution is 2.31. The summed E-state index contributed by atoms with van der Waals surface area (Å²) >= 11 is 0. The standard InChI is InChI=1S/C19H20F2N2O2.ClH/c1-12-8-13(6-7-22-12)19(24)23-17-4-2-3-5-18(17)25-16-10-14(20)9-15(21)11-16;/h2-5,9-13,22H,6-8H2,1H3,(H,23,24);1H/t12-,13-;/m0./s1. The number of nitrogens with one attached hydrogen (secondary N) is 2. The zero-order valence-electron chi connectivity index (χ0n) is 14.3. The maximum absolute atomic E-state index is 13.3. The molecule has 1 aliphatic heterocycles. The summed E-state index contributed by atoms with van der Waals surface area (Å²) in [5.74, 6) is -1.22. The summed E-state index contributed by atoms with van der Waals surface area (Å²) in [5.41, 5.74) is 0.475. The Hall–Kier alpha value is -2.18. The summed E-state index contributed by atoms with van der Waals surface area (Å²) in [6, 6.07) is 10.1. The van der Waals surface area contributed by atoms with Gasteiger partial charge >= 0.3 is 0 Å². The van der Waals surface area contributed by atoms with Gasteiger partial charge in [0.05, 0.1) is 5.69 Å². The van der Waals surface area contributed by atoms with Crippen LogP contribution in [0.25, 0.3) is 0 Å². The van der Waals surface area contributed by atoms with Crippen molar-refractivity contribution >= 4 is 24.0 Å². The minimum Gasteiger partial charge on any atom is -0.455 e. The first-order valence-electron chi connectivity index (χ1n) is 8.28. The van der Waals surface area contributed by atoms with Crippen molar-refractivity contribution in [1.29, 1.82) is 0 Å². The predicted molar refractivity (Wildman–Crippen MR) is 98.9 cm³/mol. The van der Waals surface area contributed by atoms with Crippen molar-refractivity contribution < 1.29 is 18.3 Å².